The summed E-state index contributed by atoms with van der Waals surface area (Å²) >= 11 is 0. The molecule has 3 saturated carbocycles. The van der Waals surface area contributed by atoms with E-state index in [-0.39, 0.29) is 46.8 Å². The van der Waals surface area contributed by atoms with Gasteiger partial charge in [0.05, 0.1) is 17.6 Å². The summed E-state index contributed by atoms with van der Waals surface area (Å²) in [6.07, 6.45) is 6.76. The van der Waals surface area contributed by atoms with Gasteiger partial charge in [-0.2, -0.15) is 0 Å². The number of nitrogens with one attached hydrogen (secondary N) is 6. The van der Waals surface area contributed by atoms with Crippen LogP contribution in [-0.2, 0) is 23.7 Å². The van der Waals surface area contributed by atoms with E-state index in [0.29, 0.717) is 44.2 Å². The lowest BCUT2D eigenvalue weighted by atomic mass is 9.43. The zero-order valence-corrected chi connectivity index (χ0v) is 25.9. The molecule has 0 radical (unpaired) electrons. The van der Waals surface area contributed by atoms with Crippen molar-refractivity contribution in [2.24, 2.45) is 23.2 Å². The molecule has 0 unspecified atom stereocenters. The van der Waals surface area contributed by atoms with Crippen molar-refractivity contribution in [2.75, 3.05) is 20.1 Å². The van der Waals surface area contributed by atoms with Gasteiger partial charge in [0.2, 0.25) is 17.7 Å². The fraction of sp³-hybridized carbons (Fsp3) is 0.793. The van der Waals surface area contributed by atoms with E-state index in [9.17, 15) is 14.4 Å². The van der Waals surface area contributed by atoms with Crippen molar-refractivity contribution in [3.05, 3.63) is 12.2 Å². The van der Waals surface area contributed by atoms with E-state index in [1.165, 1.54) is 6.08 Å². The Morgan fingerprint density at radius 3 is 2.39 bits per heavy atom. The number of amides is 3. The average Bonchev–Trinajstić information content (AvgIpc) is 3.28. The Bertz CT molecular complexity index is 991. The number of carbonyl (C=O) groups excluding carboxylic acids is 3. The Morgan fingerprint density at radius 2 is 1.76 bits per heavy atom. The first kappa shape index (κ1) is 32.9. The molecule has 1 heterocycles. The first-order valence-corrected chi connectivity index (χ1v) is 15.2. The quantitative estimate of drug-likeness (QED) is 0.0609. The molecule has 6 N–H and O–H groups in total. The van der Waals surface area contributed by atoms with Gasteiger partial charge >= 0.3 is 7.12 Å². The van der Waals surface area contributed by atoms with Crippen LogP contribution < -0.4 is 26.6 Å². The second kappa shape index (κ2) is 14.0. The molecule has 0 spiro atoms. The van der Waals surface area contributed by atoms with Crippen LogP contribution in [0.25, 0.3) is 0 Å². The van der Waals surface area contributed by atoms with Gasteiger partial charge in [-0.05, 0) is 68.6 Å². The molecule has 230 valence electrons. The Balaban J connectivity index is 1.69. The third kappa shape index (κ3) is 8.03. The molecule has 3 amide bonds. The third-order valence-corrected chi connectivity index (χ3v) is 9.14. The molecule has 4 rings (SSSR count). The molecule has 4 fully saturated rings. The zero-order chi connectivity index (χ0) is 30.4. The van der Waals surface area contributed by atoms with Crippen molar-refractivity contribution < 1.29 is 23.7 Å². The van der Waals surface area contributed by atoms with Crippen molar-refractivity contribution in [3.63, 3.8) is 0 Å². The van der Waals surface area contributed by atoms with Crippen molar-refractivity contribution in [3.8, 4) is 0 Å². The van der Waals surface area contributed by atoms with Gasteiger partial charge in [-0.25, -0.2) is 0 Å². The number of carbonyl (C=O) groups is 3. The predicted molar refractivity (Wildman–Crippen MR) is 160 cm³/mol. The molecule has 41 heavy (non-hydrogen) atoms. The zero-order valence-electron chi connectivity index (χ0n) is 25.9. The van der Waals surface area contributed by atoms with Gasteiger partial charge in [0.15, 0.2) is 5.96 Å². The first-order valence-electron chi connectivity index (χ1n) is 15.2. The molecule has 2 bridgehead atoms. The van der Waals surface area contributed by atoms with Crippen LogP contribution in [0.5, 0.6) is 0 Å². The van der Waals surface area contributed by atoms with E-state index in [0.717, 1.165) is 25.3 Å². The van der Waals surface area contributed by atoms with Gasteiger partial charge in [-0.15, -0.1) is 0 Å². The first-order chi connectivity index (χ1) is 19.3. The lowest BCUT2D eigenvalue weighted by molar-refractivity contribution is -0.199. The highest BCUT2D eigenvalue weighted by molar-refractivity contribution is 6.48. The molecule has 0 aromatic carbocycles. The molecular formula is C29H51BN6O5. The maximum Gasteiger partial charge on any atom is 0.481 e. The minimum absolute atomic E-state index is 0.00361. The Kier molecular flexibility index (Phi) is 11.3. The second-order valence-electron chi connectivity index (χ2n) is 13.0. The van der Waals surface area contributed by atoms with Crippen LogP contribution >= 0.6 is 0 Å². The van der Waals surface area contributed by atoms with Crippen LogP contribution in [-0.4, -0.2) is 74.6 Å². The smallest absolute Gasteiger partial charge is 0.404 e. The van der Waals surface area contributed by atoms with E-state index in [1.54, 1.807) is 7.05 Å². The number of hydrogen-bond acceptors (Lipinski definition) is 6. The van der Waals surface area contributed by atoms with E-state index >= 15 is 0 Å². The summed E-state index contributed by atoms with van der Waals surface area (Å²) in [4.78, 5) is 38.2. The van der Waals surface area contributed by atoms with Crippen LogP contribution in [0.4, 0.5) is 0 Å². The van der Waals surface area contributed by atoms with Crippen LogP contribution in [0.2, 0.25) is 0 Å². The van der Waals surface area contributed by atoms with Gasteiger partial charge in [0, 0.05) is 32.3 Å². The summed E-state index contributed by atoms with van der Waals surface area (Å²) in [5.41, 5.74) is -0.169. The van der Waals surface area contributed by atoms with E-state index in [2.05, 4.69) is 61.2 Å². The van der Waals surface area contributed by atoms with Crippen LogP contribution in [0.1, 0.15) is 80.1 Å². The normalized spacial score (nSPS) is 27.4. The van der Waals surface area contributed by atoms with Crippen molar-refractivity contribution in [1.29, 1.82) is 5.41 Å². The summed E-state index contributed by atoms with van der Waals surface area (Å²) in [7, 11) is 1.08. The van der Waals surface area contributed by atoms with Gasteiger partial charge in [-0.1, -0.05) is 34.6 Å². The Labute approximate surface area is 245 Å². The van der Waals surface area contributed by atoms with Crippen LogP contribution in [0, 0.1) is 28.6 Å². The maximum absolute atomic E-state index is 13.6. The summed E-state index contributed by atoms with van der Waals surface area (Å²) in [5, 5.41) is 21.9. The van der Waals surface area contributed by atoms with Crippen molar-refractivity contribution >= 4 is 30.8 Å². The average molecular weight is 575 g/mol. The fourth-order valence-electron chi connectivity index (χ4n) is 6.66. The summed E-state index contributed by atoms with van der Waals surface area (Å²) in [5.74, 6) is -0.0912. The monoisotopic (exact) mass is 574 g/mol. The Hall–Kier alpha value is -2.60. The molecule has 11 nitrogen and oxygen atoms in total. The standard InChI is InChI=1S/C29H51BN6O5/c1-8-13-33-24(37)11-12-25(38)35-20(10-9-14-34-27(31)32-7)26(39)36-23(15-18(2)3)30-40-22-17-19-16-21(28(19,4)5)29(22,6)41-30/h11-12,18-23H,8-10,13-17H2,1-7H3,(H,33,37)(H,35,38)(H,36,39)(H3,31,32,34)/b12-11-/t19-,20-,21-,22+,23-,29-/m0/s1. The highest BCUT2D eigenvalue weighted by atomic mass is 16.7. The van der Waals surface area contributed by atoms with Crippen molar-refractivity contribution in [2.45, 2.75) is 104 Å². The molecule has 1 saturated heterocycles. The molecule has 0 aromatic heterocycles. The van der Waals surface area contributed by atoms with E-state index in [4.69, 9.17) is 14.7 Å². The number of guanidine groups is 1. The van der Waals surface area contributed by atoms with E-state index in [1.807, 2.05) is 6.92 Å². The van der Waals surface area contributed by atoms with Gasteiger partial charge in [0.25, 0.3) is 0 Å². The maximum atomic E-state index is 13.6. The van der Waals surface area contributed by atoms with Crippen LogP contribution in [0.3, 0.4) is 0 Å². The van der Waals surface area contributed by atoms with E-state index < -0.39 is 19.1 Å². The molecule has 12 heteroatoms. The van der Waals surface area contributed by atoms with Gasteiger partial charge in [-0.3, -0.25) is 19.8 Å². The molecule has 1 aliphatic heterocycles. The third-order valence-electron chi connectivity index (χ3n) is 9.14. The lowest BCUT2D eigenvalue weighted by Crippen LogP contribution is -2.65. The second-order valence-corrected chi connectivity index (χ2v) is 13.0. The topological polar surface area (TPSA) is 154 Å². The SMILES string of the molecule is CCCNC(=O)/C=C\C(=O)N[C@@H](CCCNC(=N)NC)C(=O)N[C@@H](CC(C)C)B1O[C@@H]2C[C@@H]3C[C@@H](C3(C)C)[C@]2(C)O1. The number of rotatable bonds is 14. The highest BCUT2D eigenvalue weighted by Gasteiger charge is 2.68. The minimum atomic E-state index is -0.836. The molecular weight excluding hydrogens is 523 g/mol. The summed E-state index contributed by atoms with van der Waals surface area (Å²) in [6.45, 7) is 13.9. The van der Waals surface area contributed by atoms with Gasteiger partial charge < -0.3 is 35.9 Å². The molecule has 6 atom stereocenters. The molecule has 3 aliphatic carbocycles. The fourth-order valence-corrected chi connectivity index (χ4v) is 6.66. The summed E-state index contributed by atoms with van der Waals surface area (Å²) < 4.78 is 13.2. The van der Waals surface area contributed by atoms with Crippen LogP contribution in [0.15, 0.2) is 12.2 Å². The number of hydrogen-bond donors (Lipinski definition) is 6. The molecule has 4 aliphatic rings. The van der Waals surface area contributed by atoms with Crippen molar-refractivity contribution in [1.82, 2.24) is 26.6 Å². The summed E-state index contributed by atoms with van der Waals surface area (Å²) in [6, 6.07) is -0.836. The van der Waals surface area contributed by atoms with Gasteiger partial charge in [0.1, 0.15) is 6.04 Å². The Morgan fingerprint density at radius 1 is 1.05 bits per heavy atom. The lowest BCUT2D eigenvalue weighted by Gasteiger charge is -2.64. The highest BCUT2D eigenvalue weighted by Crippen LogP contribution is 2.65. The molecule has 0 aromatic rings. The minimum Gasteiger partial charge on any atom is -0.404 e. The largest absolute Gasteiger partial charge is 0.481 e. The predicted octanol–water partition coefficient (Wildman–Crippen LogP) is 1.88.